The van der Waals surface area contributed by atoms with Gasteiger partial charge in [0.2, 0.25) is 0 Å². The van der Waals surface area contributed by atoms with Crippen LogP contribution >= 0.6 is 0 Å². The highest BCUT2D eigenvalue weighted by Crippen LogP contribution is 2.30. The molecular weight excluding hydrogens is 340 g/mol. The summed E-state index contributed by atoms with van der Waals surface area (Å²) in [5, 5.41) is 0. The van der Waals surface area contributed by atoms with Crippen LogP contribution in [0.4, 0.5) is 0 Å². The molecule has 0 aliphatic heterocycles. The zero-order valence-corrected chi connectivity index (χ0v) is 17.6. The average Bonchev–Trinajstić information content (AvgIpc) is 2.65. The van der Waals surface area contributed by atoms with Gasteiger partial charge in [0.1, 0.15) is 17.5 Å². The van der Waals surface area contributed by atoms with E-state index >= 15 is 0 Å². The van der Waals surface area contributed by atoms with Crippen LogP contribution < -0.4 is 4.74 Å². The van der Waals surface area contributed by atoms with E-state index in [0.717, 1.165) is 18.6 Å². The molecule has 1 atom stereocenters. The fraction of sp³-hybridized carbons (Fsp3) is 0.565. The molecule has 4 heteroatoms. The standard InChI is InChI=1S/C23H34O4/c1-7-27-23(25)18(5)21(24)15-14-17(4)10-8-11-19-12-9-13-20(16(2)3)22(19)26-6/h9-10,12-13,16,18H,7-8,11,14-15H2,1-6H3/b17-10+. The molecule has 27 heavy (non-hydrogen) atoms. The summed E-state index contributed by atoms with van der Waals surface area (Å²) < 4.78 is 10.5. The van der Waals surface area contributed by atoms with E-state index in [1.807, 2.05) is 6.92 Å². The summed E-state index contributed by atoms with van der Waals surface area (Å²) in [4.78, 5) is 23.7. The number of ketones is 1. The summed E-state index contributed by atoms with van der Waals surface area (Å²) in [7, 11) is 1.72. The van der Waals surface area contributed by atoms with Gasteiger partial charge in [-0.2, -0.15) is 0 Å². The minimum absolute atomic E-state index is 0.0625. The Kier molecular flexibility index (Phi) is 9.84. The number of Topliss-reactive ketones (excluding diaryl/α,β-unsaturated/α-hetero) is 1. The maximum Gasteiger partial charge on any atom is 0.316 e. The monoisotopic (exact) mass is 374 g/mol. The first kappa shape index (κ1) is 22.9. The van der Waals surface area contributed by atoms with Gasteiger partial charge >= 0.3 is 5.97 Å². The Bertz CT molecular complexity index is 658. The zero-order valence-electron chi connectivity index (χ0n) is 17.6. The summed E-state index contributed by atoms with van der Waals surface area (Å²) in [6, 6.07) is 6.31. The number of ether oxygens (including phenoxy) is 2. The first-order valence-corrected chi connectivity index (χ1v) is 9.82. The molecule has 0 heterocycles. The third-order valence-corrected chi connectivity index (χ3v) is 4.75. The van der Waals surface area contributed by atoms with Gasteiger partial charge in [0.25, 0.3) is 0 Å². The second-order valence-electron chi connectivity index (χ2n) is 7.22. The van der Waals surface area contributed by atoms with Gasteiger partial charge in [-0.3, -0.25) is 9.59 Å². The quantitative estimate of drug-likeness (QED) is 0.302. The second kappa shape index (κ2) is 11.6. The van der Waals surface area contributed by atoms with Crippen LogP contribution in [-0.2, 0) is 20.7 Å². The lowest BCUT2D eigenvalue weighted by molar-refractivity contribution is -0.150. The molecule has 1 aromatic carbocycles. The molecule has 4 nitrogen and oxygen atoms in total. The van der Waals surface area contributed by atoms with Crippen LogP contribution in [-0.4, -0.2) is 25.5 Å². The van der Waals surface area contributed by atoms with Gasteiger partial charge in [0.05, 0.1) is 13.7 Å². The number of benzene rings is 1. The molecule has 0 N–H and O–H groups in total. The van der Waals surface area contributed by atoms with E-state index < -0.39 is 11.9 Å². The lowest BCUT2D eigenvalue weighted by Crippen LogP contribution is -2.23. The molecule has 0 radical (unpaired) electrons. The van der Waals surface area contributed by atoms with Crippen LogP contribution in [0.2, 0.25) is 0 Å². The van der Waals surface area contributed by atoms with E-state index in [1.54, 1.807) is 21.0 Å². The van der Waals surface area contributed by atoms with E-state index in [9.17, 15) is 9.59 Å². The topological polar surface area (TPSA) is 52.6 Å². The molecular formula is C23H34O4. The molecule has 0 aromatic heterocycles. The van der Waals surface area contributed by atoms with Crippen LogP contribution in [0.1, 0.15) is 70.9 Å². The van der Waals surface area contributed by atoms with E-state index in [2.05, 4.69) is 38.1 Å². The van der Waals surface area contributed by atoms with Crippen molar-refractivity contribution in [3.63, 3.8) is 0 Å². The predicted molar refractivity (Wildman–Crippen MR) is 109 cm³/mol. The number of hydrogen-bond donors (Lipinski definition) is 0. The van der Waals surface area contributed by atoms with Gasteiger partial charge in [0.15, 0.2) is 0 Å². The fourth-order valence-electron chi connectivity index (χ4n) is 3.02. The van der Waals surface area contributed by atoms with Crippen molar-refractivity contribution in [2.24, 2.45) is 5.92 Å². The summed E-state index contributed by atoms with van der Waals surface area (Å²) in [6.45, 7) is 10.0. The predicted octanol–water partition coefficient (Wildman–Crippen LogP) is 5.25. The maximum absolute atomic E-state index is 12.1. The van der Waals surface area contributed by atoms with E-state index in [1.165, 1.54) is 16.7 Å². The largest absolute Gasteiger partial charge is 0.496 e. The van der Waals surface area contributed by atoms with Crippen molar-refractivity contribution >= 4 is 11.8 Å². The number of aryl methyl sites for hydroxylation is 1. The van der Waals surface area contributed by atoms with Crippen LogP contribution in [0.15, 0.2) is 29.8 Å². The second-order valence-corrected chi connectivity index (χ2v) is 7.22. The molecule has 0 bridgehead atoms. The molecule has 1 rings (SSSR count). The van der Waals surface area contributed by atoms with Gasteiger partial charge in [-0.15, -0.1) is 0 Å². The average molecular weight is 375 g/mol. The van der Waals surface area contributed by atoms with Gasteiger partial charge in [-0.05, 0) is 57.1 Å². The molecule has 0 aliphatic rings. The van der Waals surface area contributed by atoms with Crippen LogP contribution in [0.3, 0.4) is 0 Å². The van der Waals surface area contributed by atoms with Gasteiger partial charge in [-0.1, -0.05) is 43.7 Å². The molecule has 1 aromatic rings. The first-order valence-electron chi connectivity index (χ1n) is 9.82. The SMILES string of the molecule is CCOC(=O)C(C)C(=O)CC/C(C)=C/CCc1cccc(C(C)C)c1OC. The highest BCUT2D eigenvalue weighted by atomic mass is 16.5. The van der Waals surface area contributed by atoms with Crippen LogP contribution in [0, 0.1) is 5.92 Å². The Hall–Kier alpha value is -2.10. The van der Waals surface area contributed by atoms with E-state index in [-0.39, 0.29) is 5.78 Å². The Morgan fingerprint density at radius 2 is 1.85 bits per heavy atom. The Balaban J connectivity index is 2.58. The number of esters is 1. The van der Waals surface area contributed by atoms with Crippen molar-refractivity contribution in [1.82, 2.24) is 0 Å². The third-order valence-electron chi connectivity index (χ3n) is 4.75. The number of methoxy groups -OCH3 is 1. The van der Waals surface area contributed by atoms with Gasteiger partial charge in [0, 0.05) is 6.42 Å². The van der Waals surface area contributed by atoms with Crippen molar-refractivity contribution in [2.45, 2.75) is 66.2 Å². The Labute approximate surface area is 163 Å². The molecule has 0 amide bonds. The number of para-hydroxylation sites is 1. The number of allylic oxidation sites excluding steroid dienone is 2. The molecule has 1 unspecified atom stereocenters. The fourth-order valence-corrected chi connectivity index (χ4v) is 3.02. The number of carbonyl (C=O) groups is 2. The molecule has 0 aliphatic carbocycles. The highest BCUT2D eigenvalue weighted by Gasteiger charge is 2.21. The minimum atomic E-state index is -0.680. The summed E-state index contributed by atoms with van der Waals surface area (Å²) in [6.07, 6.45) is 5.00. The van der Waals surface area contributed by atoms with Gasteiger partial charge in [-0.25, -0.2) is 0 Å². The van der Waals surface area contributed by atoms with Crippen LogP contribution in [0.5, 0.6) is 5.75 Å². The number of hydrogen-bond acceptors (Lipinski definition) is 4. The molecule has 150 valence electrons. The number of carbonyl (C=O) groups excluding carboxylic acids is 2. The van der Waals surface area contributed by atoms with Crippen molar-refractivity contribution < 1.29 is 19.1 Å². The Morgan fingerprint density at radius 1 is 1.15 bits per heavy atom. The number of rotatable bonds is 11. The van der Waals surface area contributed by atoms with Crippen molar-refractivity contribution in [2.75, 3.05) is 13.7 Å². The summed E-state index contributed by atoms with van der Waals surface area (Å²) >= 11 is 0. The lowest BCUT2D eigenvalue weighted by atomic mass is 9.96. The highest BCUT2D eigenvalue weighted by molar-refractivity contribution is 5.98. The van der Waals surface area contributed by atoms with E-state index in [0.29, 0.717) is 25.4 Å². The summed E-state index contributed by atoms with van der Waals surface area (Å²) in [5.74, 6) is 0.233. The molecule has 0 spiro atoms. The molecule has 0 saturated heterocycles. The summed E-state index contributed by atoms with van der Waals surface area (Å²) in [5.41, 5.74) is 3.60. The van der Waals surface area contributed by atoms with Crippen molar-refractivity contribution in [3.05, 3.63) is 41.0 Å². The van der Waals surface area contributed by atoms with Gasteiger partial charge < -0.3 is 9.47 Å². The first-order chi connectivity index (χ1) is 12.8. The third kappa shape index (κ3) is 7.20. The zero-order chi connectivity index (χ0) is 20.4. The van der Waals surface area contributed by atoms with Crippen LogP contribution in [0.25, 0.3) is 0 Å². The smallest absolute Gasteiger partial charge is 0.316 e. The van der Waals surface area contributed by atoms with Crippen molar-refractivity contribution in [3.8, 4) is 5.75 Å². The minimum Gasteiger partial charge on any atom is -0.496 e. The molecule has 0 saturated carbocycles. The lowest BCUT2D eigenvalue weighted by Gasteiger charge is -2.15. The maximum atomic E-state index is 12.1. The molecule has 0 fully saturated rings. The normalized spacial score (nSPS) is 12.8. The van der Waals surface area contributed by atoms with E-state index in [4.69, 9.17) is 9.47 Å². The van der Waals surface area contributed by atoms with Crippen molar-refractivity contribution in [1.29, 1.82) is 0 Å². The Morgan fingerprint density at radius 3 is 2.44 bits per heavy atom.